The van der Waals surface area contributed by atoms with Crippen LogP contribution in [0.2, 0.25) is 0 Å². The summed E-state index contributed by atoms with van der Waals surface area (Å²) in [5.74, 6) is 0. The third kappa shape index (κ3) is 3.14. The van der Waals surface area contributed by atoms with E-state index < -0.39 is 0 Å². The van der Waals surface area contributed by atoms with E-state index in [1.165, 1.54) is 32.7 Å². The van der Waals surface area contributed by atoms with Gasteiger partial charge in [-0.15, -0.1) is 0 Å². The van der Waals surface area contributed by atoms with Crippen molar-refractivity contribution in [1.82, 2.24) is 0 Å². The van der Waals surface area contributed by atoms with E-state index in [2.05, 4.69) is 109 Å². The summed E-state index contributed by atoms with van der Waals surface area (Å²) in [6, 6.07) is 44.9. The molecule has 3 heteroatoms. The van der Waals surface area contributed by atoms with E-state index in [9.17, 15) is 0 Å². The van der Waals surface area contributed by atoms with Crippen molar-refractivity contribution in [2.24, 2.45) is 0 Å². The van der Waals surface area contributed by atoms with Gasteiger partial charge in [0.05, 0.1) is 6.26 Å². The van der Waals surface area contributed by atoms with E-state index >= 15 is 0 Å². The molecule has 3 heterocycles. The van der Waals surface area contributed by atoms with Crippen molar-refractivity contribution in [2.75, 3.05) is 0 Å². The number of hydrogen-bond donors (Lipinski definition) is 0. The third-order valence-corrected chi connectivity index (χ3v) is 8.94. The summed E-state index contributed by atoms with van der Waals surface area (Å²) < 4.78 is 18.5. The van der Waals surface area contributed by atoms with E-state index in [4.69, 9.17) is 13.3 Å². The van der Waals surface area contributed by atoms with Crippen molar-refractivity contribution in [1.29, 1.82) is 0 Å². The summed E-state index contributed by atoms with van der Waals surface area (Å²) in [7, 11) is 0. The number of fused-ring (bicyclic) bond motifs is 9. The molecule has 0 radical (unpaired) electrons. The first kappa shape index (κ1) is 22.8. The Labute approximate surface area is 245 Å². The molecule has 0 aliphatic carbocycles. The zero-order chi connectivity index (χ0) is 28.1. The lowest BCUT2D eigenvalue weighted by Crippen LogP contribution is -1.91. The summed E-state index contributed by atoms with van der Waals surface area (Å²) in [5, 5.41) is 10.3. The van der Waals surface area contributed by atoms with Crippen molar-refractivity contribution < 1.29 is 13.3 Å². The molecule has 0 aliphatic heterocycles. The van der Waals surface area contributed by atoms with Crippen LogP contribution in [0.25, 0.3) is 98.6 Å². The highest BCUT2D eigenvalue weighted by Gasteiger charge is 2.21. The molecular formula is C40H22O3. The maximum absolute atomic E-state index is 6.42. The fourth-order valence-corrected chi connectivity index (χ4v) is 7.10. The van der Waals surface area contributed by atoms with Crippen LogP contribution in [0, 0.1) is 0 Å². The quantitative estimate of drug-likeness (QED) is 0.201. The Kier molecular flexibility index (Phi) is 4.45. The van der Waals surface area contributed by atoms with Gasteiger partial charge in [-0.05, 0) is 86.3 Å². The average Bonchev–Trinajstić information content (AvgIpc) is 3.76. The second kappa shape index (κ2) is 8.37. The molecule has 0 amide bonds. The molecule has 0 atom stereocenters. The minimum Gasteiger partial charge on any atom is -0.464 e. The standard InChI is InChI=1S/C40H22O3/c1-3-11-29-27(9-1)38(24-16-17-26-25-8-5-6-14-33(25)42-36(26)21-24)28-10-2-4-12-30(28)39(29)31-13-7-15-34-40(31)32-22-35-23(18-19-41-35)20-37(32)43-34/h1-22H. The van der Waals surface area contributed by atoms with Crippen LogP contribution in [-0.4, -0.2) is 0 Å². The molecule has 0 aliphatic rings. The zero-order valence-electron chi connectivity index (χ0n) is 22.9. The molecule has 10 aromatic rings. The van der Waals surface area contributed by atoms with Crippen LogP contribution < -0.4 is 0 Å². The van der Waals surface area contributed by atoms with Crippen LogP contribution in [-0.2, 0) is 0 Å². The molecule has 7 aromatic carbocycles. The van der Waals surface area contributed by atoms with Crippen LogP contribution in [0.3, 0.4) is 0 Å². The Morgan fingerprint density at radius 3 is 1.79 bits per heavy atom. The Hall–Kier alpha value is -5.80. The number of furan rings is 3. The number of hydrogen-bond acceptors (Lipinski definition) is 3. The molecule has 0 fully saturated rings. The van der Waals surface area contributed by atoms with Gasteiger partial charge >= 0.3 is 0 Å². The second-order valence-electron chi connectivity index (χ2n) is 11.2. The molecule has 3 nitrogen and oxygen atoms in total. The summed E-state index contributed by atoms with van der Waals surface area (Å²) in [5.41, 5.74) is 9.09. The molecular weight excluding hydrogens is 528 g/mol. The van der Waals surface area contributed by atoms with Crippen molar-refractivity contribution in [3.8, 4) is 22.3 Å². The Balaban J connectivity index is 1.33. The number of benzene rings is 7. The van der Waals surface area contributed by atoms with Crippen LogP contribution >= 0.6 is 0 Å². The molecule has 0 unspecified atom stereocenters. The molecule has 0 bridgehead atoms. The lowest BCUT2D eigenvalue weighted by Gasteiger charge is -2.18. The van der Waals surface area contributed by atoms with Crippen LogP contribution in [0.15, 0.2) is 147 Å². The summed E-state index contributed by atoms with van der Waals surface area (Å²) in [4.78, 5) is 0. The summed E-state index contributed by atoms with van der Waals surface area (Å²) in [6.45, 7) is 0. The maximum atomic E-state index is 6.42. The SMILES string of the molecule is c1ccc2c(c1)oc1cc(-c3c4ccccc4c(-c4cccc5oc6cc7ccoc7cc6c45)c4ccccc34)ccc12. The maximum Gasteiger partial charge on any atom is 0.136 e. The van der Waals surface area contributed by atoms with Crippen molar-refractivity contribution in [2.45, 2.75) is 0 Å². The van der Waals surface area contributed by atoms with Gasteiger partial charge in [-0.1, -0.05) is 84.9 Å². The van der Waals surface area contributed by atoms with E-state index in [1.54, 1.807) is 6.26 Å². The Morgan fingerprint density at radius 1 is 0.372 bits per heavy atom. The van der Waals surface area contributed by atoms with Crippen molar-refractivity contribution in [3.05, 3.63) is 134 Å². The third-order valence-electron chi connectivity index (χ3n) is 8.94. The molecule has 43 heavy (non-hydrogen) atoms. The van der Waals surface area contributed by atoms with E-state index in [-0.39, 0.29) is 0 Å². The predicted octanol–water partition coefficient (Wildman–Crippen LogP) is 11.9. The van der Waals surface area contributed by atoms with E-state index in [0.29, 0.717) is 0 Å². The van der Waals surface area contributed by atoms with Gasteiger partial charge < -0.3 is 13.3 Å². The summed E-state index contributed by atoms with van der Waals surface area (Å²) in [6.07, 6.45) is 1.73. The first-order chi connectivity index (χ1) is 21.3. The van der Waals surface area contributed by atoms with Crippen LogP contribution in [0.4, 0.5) is 0 Å². The summed E-state index contributed by atoms with van der Waals surface area (Å²) >= 11 is 0. The Bertz CT molecular complexity index is 2680. The lowest BCUT2D eigenvalue weighted by molar-refractivity contribution is 0.616. The highest BCUT2D eigenvalue weighted by Crippen LogP contribution is 2.47. The molecule has 10 rings (SSSR count). The normalized spacial score (nSPS) is 12.2. The fraction of sp³-hybridized carbons (Fsp3) is 0. The highest BCUT2D eigenvalue weighted by atomic mass is 16.3. The largest absolute Gasteiger partial charge is 0.464 e. The average molecular weight is 551 g/mol. The van der Waals surface area contributed by atoms with Gasteiger partial charge in [0, 0.05) is 26.9 Å². The predicted molar refractivity (Wildman–Crippen MR) is 177 cm³/mol. The first-order valence-corrected chi connectivity index (χ1v) is 14.5. The minimum atomic E-state index is 0.857. The van der Waals surface area contributed by atoms with Gasteiger partial charge in [0.15, 0.2) is 0 Å². The van der Waals surface area contributed by atoms with Crippen LogP contribution in [0.5, 0.6) is 0 Å². The fourth-order valence-electron chi connectivity index (χ4n) is 7.10. The van der Waals surface area contributed by atoms with Gasteiger partial charge in [-0.2, -0.15) is 0 Å². The monoisotopic (exact) mass is 550 g/mol. The van der Waals surface area contributed by atoms with Crippen molar-refractivity contribution >= 4 is 76.4 Å². The topological polar surface area (TPSA) is 39.4 Å². The smallest absolute Gasteiger partial charge is 0.136 e. The first-order valence-electron chi connectivity index (χ1n) is 14.5. The lowest BCUT2D eigenvalue weighted by atomic mass is 9.85. The van der Waals surface area contributed by atoms with E-state index in [0.717, 1.165) is 66.0 Å². The molecule has 0 saturated heterocycles. The van der Waals surface area contributed by atoms with Gasteiger partial charge in [-0.25, -0.2) is 0 Å². The second-order valence-corrected chi connectivity index (χ2v) is 11.2. The van der Waals surface area contributed by atoms with Crippen LogP contribution in [0.1, 0.15) is 0 Å². The Morgan fingerprint density at radius 2 is 1.00 bits per heavy atom. The van der Waals surface area contributed by atoms with Gasteiger partial charge in [0.25, 0.3) is 0 Å². The van der Waals surface area contributed by atoms with Crippen molar-refractivity contribution in [3.63, 3.8) is 0 Å². The molecule has 0 N–H and O–H groups in total. The highest BCUT2D eigenvalue weighted by molar-refractivity contribution is 6.26. The minimum absolute atomic E-state index is 0.857. The number of para-hydroxylation sites is 1. The van der Waals surface area contributed by atoms with Gasteiger partial charge in [-0.3, -0.25) is 0 Å². The molecule has 0 spiro atoms. The van der Waals surface area contributed by atoms with E-state index in [1.807, 2.05) is 18.2 Å². The molecule has 200 valence electrons. The van der Waals surface area contributed by atoms with Gasteiger partial charge in [0.1, 0.15) is 27.9 Å². The molecule has 0 saturated carbocycles. The number of rotatable bonds is 2. The zero-order valence-corrected chi connectivity index (χ0v) is 22.9. The van der Waals surface area contributed by atoms with Gasteiger partial charge in [0.2, 0.25) is 0 Å². The molecule has 3 aromatic heterocycles.